The average molecular weight is 316 g/mol. The second-order valence-corrected chi connectivity index (χ2v) is 5.82. The van der Waals surface area contributed by atoms with Crippen molar-refractivity contribution in [3.05, 3.63) is 53.1 Å². The Labute approximate surface area is 134 Å². The van der Waals surface area contributed by atoms with Crippen molar-refractivity contribution in [3.63, 3.8) is 0 Å². The van der Waals surface area contributed by atoms with Crippen molar-refractivity contribution in [1.82, 2.24) is 14.5 Å². The second kappa shape index (κ2) is 5.94. The summed E-state index contributed by atoms with van der Waals surface area (Å²) in [5, 5.41) is 4.94. The third kappa shape index (κ3) is 2.91. The molecule has 5 nitrogen and oxygen atoms in total. The van der Waals surface area contributed by atoms with Crippen molar-refractivity contribution in [2.45, 2.75) is 19.5 Å². The molecule has 0 aliphatic rings. The van der Waals surface area contributed by atoms with Crippen LogP contribution in [0.1, 0.15) is 24.2 Å². The van der Waals surface area contributed by atoms with Gasteiger partial charge in [-0.05, 0) is 19.1 Å². The van der Waals surface area contributed by atoms with Gasteiger partial charge in [-0.3, -0.25) is 0 Å². The molecule has 1 unspecified atom stereocenters. The lowest BCUT2D eigenvalue weighted by atomic mass is 10.1. The lowest BCUT2D eigenvalue weighted by Gasteiger charge is -2.15. The average Bonchev–Trinajstić information content (AvgIpc) is 2.90. The van der Waals surface area contributed by atoms with Crippen LogP contribution in [0.25, 0.3) is 10.9 Å². The zero-order valence-corrected chi connectivity index (χ0v) is 13.3. The number of hydrogen-bond acceptors (Lipinski definition) is 4. The number of pyridine rings is 1. The van der Waals surface area contributed by atoms with E-state index < -0.39 is 0 Å². The maximum atomic E-state index is 6.24. The van der Waals surface area contributed by atoms with Crippen molar-refractivity contribution in [2.75, 3.05) is 5.32 Å². The number of anilines is 1. The van der Waals surface area contributed by atoms with Crippen molar-refractivity contribution in [1.29, 1.82) is 0 Å². The van der Waals surface area contributed by atoms with E-state index in [4.69, 9.17) is 17.3 Å². The molecule has 0 amide bonds. The molecule has 0 saturated carbocycles. The van der Waals surface area contributed by atoms with E-state index in [1.807, 2.05) is 49.0 Å². The van der Waals surface area contributed by atoms with Gasteiger partial charge in [-0.25, -0.2) is 9.97 Å². The van der Waals surface area contributed by atoms with Crippen LogP contribution in [0.5, 0.6) is 0 Å². The first-order valence-corrected chi connectivity index (χ1v) is 7.48. The lowest BCUT2D eigenvalue weighted by Crippen LogP contribution is -2.12. The summed E-state index contributed by atoms with van der Waals surface area (Å²) in [5.41, 5.74) is 8.77. The van der Waals surface area contributed by atoms with Crippen LogP contribution in [-0.4, -0.2) is 14.5 Å². The molecule has 1 atom stereocenters. The fraction of sp³-hybridized carbons (Fsp3) is 0.250. The summed E-state index contributed by atoms with van der Waals surface area (Å²) >= 11 is 6.24. The Morgan fingerprint density at radius 2 is 2.23 bits per heavy atom. The third-order valence-electron chi connectivity index (χ3n) is 3.51. The number of aromatic nitrogens is 3. The first-order valence-electron chi connectivity index (χ1n) is 7.10. The maximum Gasteiger partial charge on any atom is 0.131 e. The number of aryl methyl sites for hydroxylation is 1. The number of benzene rings is 1. The van der Waals surface area contributed by atoms with Gasteiger partial charge in [0.15, 0.2) is 0 Å². The number of nitrogens with two attached hydrogens (primary N) is 1. The number of nitrogens with one attached hydrogen (secondary N) is 1. The largest absolute Gasteiger partial charge is 0.364 e. The fourth-order valence-electron chi connectivity index (χ4n) is 2.40. The predicted molar refractivity (Wildman–Crippen MR) is 89.9 cm³/mol. The second-order valence-electron chi connectivity index (χ2n) is 5.41. The monoisotopic (exact) mass is 315 g/mol. The van der Waals surface area contributed by atoms with Crippen LogP contribution in [0.3, 0.4) is 0 Å². The summed E-state index contributed by atoms with van der Waals surface area (Å²) in [6, 6.07) is 7.66. The van der Waals surface area contributed by atoms with Crippen molar-refractivity contribution < 1.29 is 0 Å². The van der Waals surface area contributed by atoms with Gasteiger partial charge in [-0.1, -0.05) is 23.7 Å². The Morgan fingerprint density at radius 1 is 1.41 bits per heavy atom. The number of imidazole rings is 1. The Hall–Kier alpha value is -2.11. The number of fused-ring (bicyclic) bond motifs is 1. The van der Waals surface area contributed by atoms with E-state index in [1.54, 1.807) is 6.33 Å². The third-order valence-corrected chi connectivity index (χ3v) is 3.82. The van der Waals surface area contributed by atoms with Gasteiger partial charge in [0.25, 0.3) is 0 Å². The van der Waals surface area contributed by atoms with Crippen LogP contribution in [0.15, 0.2) is 36.8 Å². The lowest BCUT2D eigenvalue weighted by molar-refractivity contribution is 0.813. The van der Waals surface area contributed by atoms with Crippen LogP contribution in [0.2, 0.25) is 5.02 Å². The van der Waals surface area contributed by atoms with Gasteiger partial charge in [-0.15, -0.1) is 0 Å². The van der Waals surface area contributed by atoms with Crippen LogP contribution in [0.4, 0.5) is 5.82 Å². The molecule has 0 fully saturated rings. The Bertz CT molecular complexity index is 809. The summed E-state index contributed by atoms with van der Waals surface area (Å²) in [6.07, 6.45) is 3.74. The van der Waals surface area contributed by atoms with E-state index in [9.17, 15) is 0 Å². The minimum atomic E-state index is -0.123. The number of rotatable bonds is 4. The van der Waals surface area contributed by atoms with Gasteiger partial charge < -0.3 is 15.6 Å². The van der Waals surface area contributed by atoms with Crippen LogP contribution < -0.4 is 11.1 Å². The molecule has 3 N–H and O–H groups in total. The van der Waals surface area contributed by atoms with Gasteiger partial charge in [0.05, 0.1) is 29.1 Å². The summed E-state index contributed by atoms with van der Waals surface area (Å²) in [5.74, 6) is 0.751. The Kier molecular flexibility index (Phi) is 4.00. The molecular formula is C16H18ClN5. The van der Waals surface area contributed by atoms with Crippen molar-refractivity contribution >= 4 is 28.3 Å². The van der Waals surface area contributed by atoms with E-state index in [0.717, 1.165) is 28.0 Å². The van der Waals surface area contributed by atoms with E-state index in [2.05, 4.69) is 15.3 Å². The molecule has 1 aromatic carbocycles. The molecule has 2 aromatic heterocycles. The number of nitrogens with zero attached hydrogens (tertiary/aromatic N) is 3. The molecule has 22 heavy (non-hydrogen) atoms. The highest BCUT2D eigenvalue weighted by Crippen LogP contribution is 2.28. The highest BCUT2D eigenvalue weighted by atomic mass is 35.5. The number of para-hydroxylation sites is 1. The molecule has 0 saturated heterocycles. The summed E-state index contributed by atoms with van der Waals surface area (Å²) in [7, 11) is 1.94. The van der Waals surface area contributed by atoms with Gasteiger partial charge in [0.1, 0.15) is 5.82 Å². The first kappa shape index (κ1) is 14.8. The van der Waals surface area contributed by atoms with E-state index in [0.29, 0.717) is 11.6 Å². The van der Waals surface area contributed by atoms with Gasteiger partial charge >= 0.3 is 0 Å². The van der Waals surface area contributed by atoms with Gasteiger partial charge in [-0.2, -0.15) is 0 Å². The fourth-order valence-corrected chi connectivity index (χ4v) is 2.62. The minimum absolute atomic E-state index is 0.123. The molecule has 0 aliphatic heterocycles. The predicted octanol–water partition coefficient (Wildman–Crippen LogP) is 3.25. The van der Waals surface area contributed by atoms with Gasteiger partial charge in [0.2, 0.25) is 0 Å². The van der Waals surface area contributed by atoms with Gasteiger partial charge in [0, 0.05) is 30.2 Å². The van der Waals surface area contributed by atoms with Crippen molar-refractivity contribution in [3.8, 4) is 0 Å². The number of halogens is 1. The quantitative estimate of drug-likeness (QED) is 0.775. The smallest absolute Gasteiger partial charge is 0.131 e. The highest BCUT2D eigenvalue weighted by molar-refractivity contribution is 6.35. The van der Waals surface area contributed by atoms with Crippen molar-refractivity contribution in [2.24, 2.45) is 12.8 Å². The summed E-state index contributed by atoms with van der Waals surface area (Å²) < 4.78 is 1.91. The molecule has 0 aliphatic carbocycles. The molecule has 3 rings (SSSR count). The molecule has 0 spiro atoms. The normalized spacial score (nSPS) is 12.5. The van der Waals surface area contributed by atoms with Crippen LogP contribution in [0, 0.1) is 0 Å². The molecular weight excluding hydrogens is 298 g/mol. The van der Waals surface area contributed by atoms with E-state index >= 15 is 0 Å². The topological polar surface area (TPSA) is 68.8 Å². The molecule has 6 heteroatoms. The zero-order valence-electron chi connectivity index (χ0n) is 12.5. The maximum absolute atomic E-state index is 6.24. The molecule has 0 bridgehead atoms. The SMILES string of the molecule is CC(N)c1cc2cccc(Cl)c2nc1NCc1cn(C)cn1. The Balaban J connectivity index is 1.98. The number of hydrogen-bond donors (Lipinski definition) is 2. The Morgan fingerprint density at radius 3 is 2.91 bits per heavy atom. The first-order chi connectivity index (χ1) is 10.5. The molecule has 0 radical (unpaired) electrons. The molecule has 2 heterocycles. The van der Waals surface area contributed by atoms with Crippen LogP contribution >= 0.6 is 11.6 Å². The molecule has 3 aromatic rings. The highest BCUT2D eigenvalue weighted by Gasteiger charge is 2.12. The molecule has 114 valence electrons. The van der Waals surface area contributed by atoms with E-state index in [-0.39, 0.29) is 6.04 Å². The summed E-state index contributed by atoms with van der Waals surface area (Å²) in [4.78, 5) is 8.96. The zero-order chi connectivity index (χ0) is 15.7. The minimum Gasteiger partial charge on any atom is -0.364 e. The summed E-state index contributed by atoms with van der Waals surface area (Å²) in [6.45, 7) is 2.53. The van der Waals surface area contributed by atoms with E-state index in [1.165, 1.54) is 0 Å². The van der Waals surface area contributed by atoms with Crippen LogP contribution in [-0.2, 0) is 13.6 Å². The standard InChI is InChI=1S/C16H18ClN5/c1-10(18)13-6-11-4-3-5-14(17)15(11)21-16(13)19-7-12-8-22(2)9-20-12/h3-6,8-10H,7,18H2,1-2H3,(H,19,21).